The standard InChI is InChI=1S/C17H17N5O4S/c1-10-7-8-11-15(18-10)20-21-16(11)19-17(23)14-9-22(27(2,24)25)12-5-3-4-6-13(12)26-14/h3-8,14H,9H2,1-2H3,(H2,18,19,20,21,23)/t14-/m0/s1. The quantitative estimate of drug-likeness (QED) is 0.702. The minimum Gasteiger partial charge on any atom is -0.476 e. The third kappa shape index (κ3) is 3.19. The summed E-state index contributed by atoms with van der Waals surface area (Å²) in [7, 11) is -3.57. The van der Waals surface area contributed by atoms with E-state index in [1.165, 1.54) is 4.31 Å². The van der Waals surface area contributed by atoms with Crippen LogP contribution in [0.25, 0.3) is 11.0 Å². The van der Waals surface area contributed by atoms with E-state index in [1.807, 2.05) is 13.0 Å². The molecule has 0 saturated heterocycles. The van der Waals surface area contributed by atoms with Crippen LogP contribution in [0.15, 0.2) is 36.4 Å². The summed E-state index contributed by atoms with van der Waals surface area (Å²) in [6.45, 7) is 1.73. The molecule has 0 unspecified atom stereocenters. The predicted molar refractivity (Wildman–Crippen MR) is 100 cm³/mol. The number of pyridine rings is 1. The first-order chi connectivity index (χ1) is 12.8. The minimum absolute atomic E-state index is 0.124. The van der Waals surface area contributed by atoms with Gasteiger partial charge in [0.1, 0.15) is 5.75 Å². The Balaban J connectivity index is 1.62. The molecule has 9 nitrogen and oxygen atoms in total. The molecule has 4 rings (SSSR count). The van der Waals surface area contributed by atoms with Crippen molar-refractivity contribution in [2.45, 2.75) is 13.0 Å². The molecular weight excluding hydrogens is 370 g/mol. The summed E-state index contributed by atoms with van der Waals surface area (Å²) < 4.78 is 31.2. The Morgan fingerprint density at radius 3 is 2.85 bits per heavy atom. The van der Waals surface area contributed by atoms with Crippen molar-refractivity contribution in [3.05, 3.63) is 42.1 Å². The van der Waals surface area contributed by atoms with Crippen molar-refractivity contribution in [3.63, 3.8) is 0 Å². The van der Waals surface area contributed by atoms with Gasteiger partial charge in [-0.2, -0.15) is 5.10 Å². The second kappa shape index (κ2) is 6.23. The maximum absolute atomic E-state index is 12.7. The summed E-state index contributed by atoms with van der Waals surface area (Å²) >= 11 is 0. The first-order valence-electron chi connectivity index (χ1n) is 8.19. The lowest BCUT2D eigenvalue weighted by molar-refractivity contribution is -0.122. The van der Waals surface area contributed by atoms with E-state index in [2.05, 4.69) is 20.5 Å². The van der Waals surface area contributed by atoms with Gasteiger partial charge in [0.05, 0.1) is 23.9 Å². The van der Waals surface area contributed by atoms with Crippen LogP contribution >= 0.6 is 0 Å². The Morgan fingerprint density at radius 2 is 2.07 bits per heavy atom. The Morgan fingerprint density at radius 1 is 1.30 bits per heavy atom. The number of H-pyrrole nitrogens is 1. The topological polar surface area (TPSA) is 117 Å². The molecule has 0 radical (unpaired) electrons. The third-order valence-electron chi connectivity index (χ3n) is 4.23. The van der Waals surface area contributed by atoms with Crippen molar-refractivity contribution in [2.75, 3.05) is 22.4 Å². The average Bonchev–Trinajstić information content (AvgIpc) is 3.01. The summed E-state index contributed by atoms with van der Waals surface area (Å²) in [5, 5.41) is 10.2. The number of hydrogen-bond acceptors (Lipinski definition) is 6. The van der Waals surface area contributed by atoms with Crippen LogP contribution < -0.4 is 14.4 Å². The van der Waals surface area contributed by atoms with Gasteiger partial charge in [-0.1, -0.05) is 12.1 Å². The number of nitrogens with zero attached hydrogens (tertiary/aromatic N) is 3. The molecule has 3 aromatic rings. The first kappa shape index (κ1) is 17.3. The highest BCUT2D eigenvalue weighted by atomic mass is 32.2. The molecule has 2 N–H and O–H groups in total. The molecule has 1 atom stereocenters. The molecule has 1 amide bonds. The zero-order valence-corrected chi connectivity index (χ0v) is 15.4. The van der Waals surface area contributed by atoms with Crippen LogP contribution in [0.4, 0.5) is 11.5 Å². The molecule has 2 aromatic heterocycles. The van der Waals surface area contributed by atoms with Crippen molar-refractivity contribution in [1.82, 2.24) is 15.2 Å². The lowest BCUT2D eigenvalue weighted by atomic mass is 10.2. The molecule has 0 saturated carbocycles. The number of aromatic amines is 1. The largest absolute Gasteiger partial charge is 0.476 e. The number of benzene rings is 1. The summed E-state index contributed by atoms with van der Waals surface area (Å²) in [5.41, 5.74) is 1.78. The number of carbonyl (C=O) groups excluding carboxylic acids is 1. The Labute approximate surface area is 155 Å². The highest BCUT2D eigenvalue weighted by molar-refractivity contribution is 7.92. The highest BCUT2D eigenvalue weighted by Gasteiger charge is 2.35. The summed E-state index contributed by atoms with van der Waals surface area (Å²) in [6, 6.07) is 10.3. The maximum Gasteiger partial charge on any atom is 0.268 e. The number of rotatable bonds is 3. The van der Waals surface area contributed by atoms with E-state index < -0.39 is 22.0 Å². The molecule has 0 spiro atoms. The van der Waals surface area contributed by atoms with Crippen LogP contribution in [-0.4, -0.2) is 48.4 Å². The summed E-state index contributed by atoms with van der Waals surface area (Å²) in [5.74, 6) is 0.154. The molecule has 27 heavy (non-hydrogen) atoms. The number of sulfonamides is 1. The van der Waals surface area contributed by atoms with Crippen LogP contribution in [0.3, 0.4) is 0 Å². The van der Waals surface area contributed by atoms with E-state index in [1.54, 1.807) is 30.3 Å². The SMILES string of the molecule is Cc1ccc2c(NC(=O)[C@@H]3CN(S(C)(=O)=O)c4ccccc4O3)n[nH]c2n1. The molecule has 3 heterocycles. The van der Waals surface area contributed by atoms with E-state index in [4.69, 9.17) is 4.74 Å². The fourth-order valence-electron chi connectivity index (χ4n) is 2.95. The Hall–Kier alpha value is -3.14. The number of anilines is 2. The van der Waals surface area contributed by atoms with Crippen molar-refractivity contribution >= 4 is 38.5 Å². The zero-order valence-electron chi connectivity index (χ0n) is 14.6. The Bertz CT molecular complexity index is 1140. The molecule has 1 aliphatic rings. The minimum atomic E-state index is -3.57. The first-order valence-corrected chi connectivity index (χ1v) is 10.0. The lowest BCUT2D eigenvalue weighted by Crippen LogP contribution is -2.48. The number of hydrogen-bond donors (Lipinski definition) is 2. The van der Waals surface area contributed by atoms with Gasteiger partial charge >= 0.3 is 0 Å². The fraction of sp³-hybridized carbons (Fsp3) is 0.235. The second-order valence-electron chi connectivity index (χ2n) is 6.28. The van der Waals surface area contributed by atoms with E-state index in [0.29, 0.717) is 28.3 Å². The van der Waals surface area contributed by atoms with Crippen LogP contribution in [0.1, 0.15) is 5.69 Å². The molecule has 140 valence electrons. The van der Waals surface area contributed by atoms with Gasteiger partial charge in [0, 0.05) is 5.69 Å². The molecule has 0 bridgehead atoms. The van der Waals surface area contributed by atoms with Crippen molar-refractivity contribution < 1.29 is 17.9 Å². The van der Waals surface area contributed by atoms with E-state index in [0.717, 1.165) is 11.9 Å². The van der Waals surface area contributed by atoms with Crippen molar-refractivity contribution in [1.29, 1.82) is 0 Å². The molecular formula is C17H17N5O4S. The number of aryl methyl sites for hydroxylation is 1. The molecule has 0 fully saturated rings. The van der Waals surface area contributed by atoms with Crippen LogP contribution in [0.2, 0.25) is 0 Å². The summed E-state index contributed by atoms with van der Waals surface area (Å²) in [6.07, 6.45) is 0.0824. The number of aromatic nitrogens is 3. The van der Waals surface area contributed by atoms with Gasteiger partial charge in [0.2, 0.25) is 10.0 Å². The van der Waals surface area contributed by atoms with Gasteiger partial charge in [-0.05, 0) is 31.2 Å². The number of para-hydroxylation sites is 2. The Kier molecular flexibility index (Phi) is 3.99. The normalized spacial score (nSPS) is 16.7. The maximum atomic E-state index is 12.7. The van der Waals surface area contributed by atoms with Gasteiger partial charge in [0.15, 0.2) is 17.6 Å². The van der Waals surface area contributed by atoms with Gasteiger partial charge in [0.25, 0.3) is 5.91 Å². The van der Waals surface area contributed by atoms with Crippen LogP contribution in [-0.2, 0) is 14.8 Å². The number of ether oxygens (including phenoxy) is 1. The van der Waals surface area contributed by atoms with E-state index in [-0.39, 0.29) is 6.54 Å². The van der Waals surface area contributed by atoms with Gasteiger partial charge in [-0.25, -0.2) is 13.4 Å². The zero-order chi connectivity index (χ0) is 19.2. The van der Waals surface area contributed by atoms with Crippen molar-refractivity contribution in [3.8, 4) is 5.75 Å². The lowest BCUT2D eigenvalue weighted by Gasteiger charge is -2.33. The monoisotopic (exact) mass is 387 g/mol. The number of amides is 1. The second-order valence-corrected chi connectivity index (χ2v) is 8.19. The van der Waals surface area contributed by atoms with Gasteiger partial charge in [-0.3, -0.25) is 14.2 Å². The third-order valence-corrected chi connectivity index (χ3v) is 5.38. The van der Waals surface area contributed by atoms with Gasteiger partial charge < -0.3 is 10.1 Å². The number of carbonyl (C=O) groups is 1. The van der Waals surface area contributed by atoms with E-state index >= 15 is 0 Å². The van der Waals surface area contributed by atoms with Crippen molar-refractivity contribution in [2.24, 2.45) is 0 Å². The number of fused-ring (bicyclic) bond motifs is 2. The molecule has 1 aromatic carbocycles. The molecule has 1 aliphatic heterocycles. The van der Waals surface area contributed by atoms with E-state index in [9.17, 15) is 13.2 Å². The number of nitrogens with one attached hydrogen (secondary N) is 2. The molecule has 10 heteroatoms. The van der Waals surface area contributed by atoms with Crippen LogP contribution in [0, 0.1) is 6.92 Å². The predicted octanol–water partition coefficient (Wildman–Crippen LogP) is 1.43. The average molecular weight is 387 g/mol. The van der Waals surface area contributed by atoms with Crippen LogP contribution in [0.5, 0.6) is 5.75 Å². The highest BCUT2D eigenvalue weighted by Crippen LogP contribution is 2.34. The van der Waals surface area contributed by atoms with Gasteiger partial charge in [-0.15, -0.1) is 0 Å². The molecule has 0 aliphatic carbocycles. The summed E-state index contributed by atoms with van der Waals surface area (Å²) in [4.78, 5) is 17.0. The fourth-order valence-corrected chi connectivity index (χ4v) is 3.86. The smallest absolute Gasteiger partial charge is 0.268 e.